The van der Waals surface area contributed by atoms with Crippen LogP contribution < -0.4 is 5.32 Å². The number of carbonyl (C=O) groups is 2. The van der Waals surface area contributed by atoms with E-state index in [-0.39, 0.29) is 12.2 Å². The van der Waals surface area contributed by atoms with Gasteiger partial charge in [-0.3, -0.25) is 4.79 Å². The summed E-state index contributed by atoms with van der Waals surface area (Å²) in [6.07, 6.45) is 0.233. The Morgan fingerprint density at radius 2 is 2.18 bits per heavy atom. The molecule has 1 aromatic heterocycles. The monoisotopic (exact) mass is 320 g/mol. The van der Waals surface area contributed by atoms with E-state index >= 15 is 0 Å². The predicted molar refractivity (Wildman–Crippen MR) is 78.8 cm³/mol. The first kappa shape index (κ1) is 14.6. The minimum absolute atomic E-state index is 0.233. The summed E-state index contributed by atoms with van der Waals surface area (Å²) in [7, 11) is 0. The number of cyclic esters (lactones) is 1. The average molecular weight is 321 g/mol. The number of ether oxygens (including phenoxy) is 1. The first-order valence-electron chi connectivity index (χ1n) is 6.64. The van der Waals surface area contributed by atoms with Gasteiger partial charge < -0.3 is 14.6 Å². The van der Waals surface area contributed by atoms with Gasteiger partial charge >= 0.3 is 5.97 Å². The number of esters is 1. The van der Waals surface area contributed by atoms with Gasteiger partial charge in [-0.1, -0.05) is 16.8 Å². The van der Waals surface area contributed by atoms with Gasteiger partial charge in [0.15, 0.2) is 11.4 Å². The average Bonchev–Trinajstić information content (AvgIpc) is 2.83. The first-order valence-corrected chi connectivity index (χ1v) is 7.02. The third kappa shape index (κ3) is 2.57. The van der Waals surface area contributed by atoms with Gasteiger partial charge in [0.05, 0.1) is 5.56 Å². The maximum Gasteiger partial charge on any atom is 0.339 e. The fourth-order valence-corrected chi connectivity index (χ4v) is 2.56. The van der Waals surface area contributed by atoms with E-state index in [4.69, 9.17) is 20.9 Å². The predicted octanol–water partition coefficient (Wildman–Crippen LogP) is 2.75. The quantitative estimate of drug-likeness (QED) is 0.860. The summed E-state index contributed by atoms with van der Waals surface area (Å²) < 4.78 is 10.2. The second kappa shape index (κ2) is 5.14. The molecule has 0 bridgehead atoms. The molecule has 2 aromatic rings. The van der Waals surface area contributed by atoms with Crippen molar-refractivity contribution in [3.63, 3.8) is 0 Å². The van der Waals surface area contributed by atoms with Gasteiger partial charge in [-0.25, -0.2) is 4.79 Å². The lowest BCUT2D eigenvalue weighted by atomic mass is 9.89. The standard InChI is InChI=1S/C15H13ClN2O4/c1-8-5-12(18-22-8)17-14(20)15(2)7-9-6-10(16)3-4-11(9)13(19)21-15/h3-6H,7H2,1-2H3,(H,17,18,20). The first-order chi connectivity index (χ1) is 10.4. The Morgan fingerprint density at radius 1 is 1.41 bits per heavy atom. The van der Waals surface area contributed by atoms with Gasteiger partial charge in [-0.2, -0.15) is 0 Å². The zero-order valence-corrected chi connectivity index (χ0v) is 12.7. The molecule has 0 spiro atoms. The highest BCUT2D eigenvalue weighted by molar-refractivity contribution is 6.30. The molecule has 6 nitrogen and oxygen atoms in total. The smallest absolute Gasteiger partial charge is 0.339 e. The molecule has 0 saturated heterocycles. The Bertz CT molecular complexity index is 771. The summed E-state index contributed by atoms with van der Waals surface area (Å²) in [5.74, 6) is -0.179. The Balaban J connectivity index is 1.87. The van der Waals surface area contributed by atoms with E-state index in [1.165, 1.54) is 0 Å². The van der Waals surface area contributed by atoms with E-state index in [1.54, 1.807) is 38.1 Å². The number of hydrogen-bond acceptors (Lipinski definition) is 5. The van der Waals surface area contributed by atoms with Crippen molar-refractivity contribution in [1.82, 2.24) is 5.16 Å². The molecule has 1 amide bonds. The van der Waals surface area contributed by atoms with Crippen molar-refractivity contribution in [2.75, 3.05) is 5.32 Å². The zero-order chi connectivity index (χ0) is 15.9. The van der Waals surface area contributed by atoms with Crippen molar-refractivity contribution in [2.45, 2.75) is 25.9 Å². The van der Waals surface area contributed by atoms with Crippen LogP contribution in [0.25, 0.3) is 0 Å². The molecule has 114 valence electrons. The third-order valence-electron chi connectivity index (χ3n) is 3.48. The number of aromatic nitrogens is 1. The van der Waals surface area contributed by atoms with Crippen LogP contribution in [0.15, 0.2) is 28.8 Å². The number of amides is 1. The Labute approximate surface area is 131 Å². The van der Waals surface area contributed by atoms with E-state index in [2.05, 4.69) is 10.5 Å². The number of aryl methyl sites for hydroxylation is 1. The van der Waals surface area contributed by atoms with Crippen LogP contribution in [0.5, 0.6) is 0 Å². The van der Waals surface area contributed by atoms with E-state index in [0.717, 1.165) is 0 Å². The minimum atomic E-state index is -1.33. The Hall–Kier alpha value is -2.34. The third-order valence-corrected chi connectivity index (χ3v) is 3.72. The molecule has 0 radical (unpaired) electrons. The molecule has 1 unspecified atom stereocenters. The number of anilines is 1. The van der Waals surface area contributed by atoms with Crippen LogP contribution >= 0.6 is 11.6 Å². The van der Waals surface area contributed by atoms with Gasteiger partial charge in [-0.05, 0) is 37.6 Å². The van der Waals surface area contributed by atoms with Gasteiger partial charge in [0, 0.05) is 17.5 Å². The normalized spacial score (nSPS) is 20.2. The zero-order valence-electron chi connectivity index (χ0n) is 12.0. The molecule has 22 heavy (non-hydrogen) atoms. The molecule has 3 rings (SSSR count). The topological polar surface area (TPSA) is 81.4 Å². The number of rotatable bonds is 2. The van der Waals surface area contributed by atoms with Crippen LogP contribution in [0.4, 0.5) is 5.82 Å². The lowest BCUT2D eigenvalue weighted by Gasteiger charge is -2.32. The number of fused-ring (bicyclic) bond motifs is 1. The van der Waals surface area contributed by atoms with Crippen LogP contribution in [0, 0.1) is 6.92 Å². The summed E-state index contributed by atoms with van der Waals surface area (Å²) in [5, 5.41) is 6.78. The maximum absolute atomic E-state index is 12.4. The van der Waals surface area contributed by atoms with Crippen molar-refractivity contribution >= 4 is 29.3 Å². The summed E-state index contributed by atoms with van der Waals surface area (Å²) in [5.41, 5.74) is -0.230. The van der Waals surface area contributed by atoms with E-state index in [0.29, 0.717) is 21.9 Å². The molecule has 0 saturated carbocycles. The molecular weight excluding hydrogens is 308 g/mol. The fourth-order valence-electron chi connectivity index (χ4n) is 2.37. The van der Waals surface area contributed by atoms with Gasteiger partial charge in [0.2, 0.25) is 0 Å². The summed E-state index contributed by atoms with van der Waals surface area (Å²) in [4.78, 5) is 24.5. The molecule has 2 heterocycles. The molecule has 1 aliphatic rings. The van der Waals surface area contributed by atoms with Crippen LogP contribution in [-0.4, -0.2) is 22.6 Å². The largest absolute Gasteiger partial charge is 0.445 e. The second-order valence-electron chi connectivity index (χ2n) is 5.38. The summed E-state index contributed by atoms with van der Waals surface area (Å²) in [6, 6.07) is 6.46. The van der Waals surface area contributed by atoms with Crippen molar-refractivity contribution in [3.05, 3.63) is 46.2 Å². The van der Waals surface area contributed by atoms with Gasteiger partial charge in [0.1, 0.15) is 5.76 Å². The highest BCUT2D eigenvalue weighted by atomic mass is 35.5. The Morgan fingerprint density at radius 3 is 2.86 bits per heavy atom. The number of benzene rings is 1. The molecule has 1 N–H and O–H groups in total. The lowest BCUT2D eigenvalue weighted by molar-refractivity contribution is -0.134. The van der Waals surface area contributed by atoms with Crippen LogP contribution in [-0.2, 0) is 16.0 Å². The number of nitrogens with zero attached hydrogens (tertiary/aromatic N) is 1. The summed E-state index contributed by atoms with van der Waals surface area (Å²) in [6.45, 7) is 3.26. The molecule has 1 atom stereocenters. The maximum atomic E-state index is 12.4. The SMILES string of the molecule is Cc1cc(NC(=O)C2(C)Cc3cc(Cl)ccc3C(=O)O2)no1. The molecule has 0 fully saturated rings. The number of nitrogens with one attached hydrogen (secondary N) is 1. The fraction of sp³-hybridized carbons (Fsp3) is 0.267. The van der Waals surface area contributed by atoms with E-state index in [9.17, 15) is 9.59 Å². The highest BCUT2D eigenvalue weighted by Gasteiger charge is 2.43. The molecule has 7 heteroatoms. The number of hydrogen-bond donors (Lipinski definition) is 1. The lowest BCUT2D eigenvalue weighted by Crippen LogP contribution is -2.49. The van der Waals surface area contributed by atoms with Crippen LogP contribution in [0.1, 0.15) is 28.6 Å². The van der Waals surface area contributed by atoms with Crippen LogP contribution in [0.3, 0.4) is 0 Å². The van der Waals surface area contributed by atoms with Crippen molar-refractivity contribution in [1.29, 1.82) is 0 Å². The minimum Gasteiger partial charge on any atom is -0.445 e. The van der Waals surface area contributed by atoms with Crippen molar-refractivity contribution in [3.8, 4) is 0 Å². The van der Waals surface area contributed by atoms with E-state index < -0.39 is 17.5 Å². The van der Waals surface area contributed by atoms with Crippen molar-refractivity contribution < 1.29 is 18.8 Å². The van der Waals surface area contributed by atoms with E-state index in [1.807, 2.05) is 0 Å². The van der Waals surface area contributed by atoms with Crippen LogP contribution in [0.2, 0.25) is 5.02 Å². The summed E-state index contributed by atoms with van der Waals surface area (Å²) >= 11 is 5.95. The molecule has 1 aromatic carbocycles. The van der Waals surface area contributed by atoms with Crippen molar-refractivity contribution in [2.24, 2.45) is 0 Å². The number of halogens is 1. The molecule has 1 aliphatic heterocycles. The molecule has 0 aliphatic carbocycles. The van der Waals surface area contributed by atoms with Gasteiger partial charge in [0.25, 0.3) is 5.91 Å². The Kier molecular flexibility index (Phi) is 3.41. The molecular formula is C15H13ClN2O4. The highest BCUT2D eigenvalue weighted by Crippen LogP contribution is 2.31. The second-order valence-corrected chi connectivity index (χ2v) is 5.81. The number of carbonyl (C=O) groups excluding carboxylic acids is 2. The van der Waals surface area contributed by atoms with Gasteiger partial charge in [-0.15, -0.1) is 0 Å².